The van der Waals surface area contributed by atoms with Gasteiger partial charge in [0.2, 0.25) is 0 Å². The summed E-state index contributed by atoms with van der Waals surface area (Å²) in [6.07, 6.45) is 1.22. The quantitative estimate of drug-likeness (QED) is 0.290. The SMILES string of the molecule is Cl.N=C(N)Sc1c[nH]c(=O)[nH]c1=O. The fourth-order valence-corrected chi connectivity index (χ4v) is 1.09. The minimum atomic E-state index is -0.576. The third-order valence-electron chi connectivity index (χ3n) is 1.01. The fourth-order valence-electron chi connectivity index (χ4n) is 0.592. The Morgan fingerprint density at radius 2 is 2.15 bits per heavy atom. The predicted molar refractivity (Wildman–Crippen MR) is 52.7 cm³/mol. The van der Waals surface area contributed by atoms with Crippen molar-refractivity contribution in [3.05, 3.63) is 27.0 Å². The van der Waals surface area contributed by atoms with Crippen LogP contribution in [-0.4, -0.2) is 15.1 Å². The van der Waals surface area contributed by atoms with Gasteiger partial charge in [0.15, 0.2) is 5.17 Å². The van der Waals surface area contributed by atoms with Gasteiger partial charge in [0.05, 0.1) is 4.90 Å². The van der Waals surface area contributed by atoms with Crippen LogP contribution in [0.5, 0.6) is 0 Å². The molecule has 0 aliphatic rings. The van der Waals surface area contributed by atoms with Crippen molar-refractivity contribution in [3.63, 3.8) is 0 Å². The van der Waals surface area contributed by atoms with Crippen molar-refractivity contribution in [3.8, 4) is 0 Å². The maximum absolute atomic E-state index is 10.9. The maximum Gasteiger partial charge on any atom is 0.325 e. The summed E-state index contributed by atoms with van der Waals surface area (Å²) in [5.74, 6) is 0. The van der Waals surface area contributed by atoms with Crippen LogP contribution < -0.4 is 17.0 Å². The van der Waals surface area contributed by atoms with E-state index in [4.69, 9.17) is 11.1 Å². The van der Waals surface area contributed by atoms with Crippen LogP contribution in [0.25, 0.3) is 0 Å². The molecule has 0 spiro atoms. The summed E-state index contributed by atoms with van der Waals surface area (Å²) in [5.41, 5.74) is 3.91. The van der Waals surface area contributed by atoms with Crippen LogP contribution in [0.2, 0.25) is 0 Å². The normalized spacial score (nSPS) is 8.92. The Labute approximate surface area is 82.9 Å². The first-order chi connectivity index (χ1) is 5.59. The molecule has 0 aliphatic carbocycles. The van der Waals surface area contributed by atoms with E-state index in [1.165, 1.54) is 6.20 Å². The average molecular weight is 223 g/mol. The Bertz CT molecular complexity index is 411. The predicted octanol–water partition coefficient (Wildman–Crippen LogP) is -0.529. The van der Waals surface area contributed by atoms with Gasteiger partial charge in [-0.15, -0.1) is 12.4 Å². The molecule has 0 aliphatic heterocycles. The summed E-state index contributed by atoms with van der Waals surface area (Å²) in [7, 11) is 0. The van der Waals surface area contributed by atoms with E-state index in [0.717, 1.165) is 11.8 Å². The average Bonchev–Trinajstić information content (AvgIpc) is 1.94. The highest BCUT2D eigenvalue weighted by molar-refractivity contribution is 8.13. The highest BCUT2D eigenvalue weighted by Crippen LogP contribution is 2.08. The molecule has 1 aromatic heterocycles. The number of hydrogen-bond acceptors (Lipinski definition) is 4. The zero-order valence-corrected chi connectivity index (χ0v) is 7.92. The summed E-state index contributed by atoms with van der Waals surface area (Å²) in [5, 5.41) is 6.68. The molecule has 8 heteroatoms. The van der Waals surface area contributed by atoms with E-state index in [-0.39, 0.29) is 22.5 Å². The molecule has 6 nitrogen and oxygen atoms in total. The standard InChI is InChI=1S/C5H6N4O2S.ClH/c6-4(7)12-2-1-8-5(11)9-3(2)10;/h1H,(H3,6,7)(H2,8,9,10,11);1H. The van der Waals surface area contributed by atoms with Crippen LogP contribution >= 0.6 is 24.2 Å². The van der Waals surface area contributed by atoms with Gasteiger partial charge in [-0.3, -0.25) is 15.2 Å². The first-order valence-corrected chi connectivity index (χ1v) is 3.75. The largest absolute Gasteiger partial charge is 0.378 e. The van der Waals surface area contributed by atoms with Gasteiger partial charge in [0.1, 0.15) is 0 Å². The van der Waals surface area contributed by atoms with Crippen molar-refractivity contribution in [1.82, 2.24) is 9.97 Å². The second kappa shape index (κ2) is 4.73. The molecule has 0 saturated carbocycles. The highest BCUT2D eigenvalue weighted by Gasteiger charge is 2.01. The molecular formula is C5H7ClN4O2S. The van der Waals surface area contributed by atoms with Crippen LogP contribution in [0, 0.1) is 5.41 Å². The zero-order valence-electron chi connectivity index (χ0n) is 6.29. The van der Waals surface area contributed by atoms with Gasteiger partial charge in [0, 0.05) is 6.20 Å². The lowest BCUT2D eigenvalue weighted by Gasteiger charge is -1.94. The molecule has 1 aromatic rings. The van der Waals surface area contributed by atoms with Crippen LogP contribution in [0.4, 0.5) is 0 Å². The second-order valence-electron chi connectivity index (χ2n) is 1.90. The number of H-pyrrole nitrogens is 2. The lowest BCUT2D eigenvalue weighted by Crippen LogP contribution is -2.23. The molecule has 0 atom stereocenters. The molecule has 0 unspecified atom stereocenters. The van der Waals surface area contributed by atoms with Crippen molar-refractivity contribution in [2.75, 3.05) is 0 Å². The van der Waals surface area contributed by atoms with Gasteiger partial charge in [0.25, 0.3) is 5.56 Å². The first kappa shape index (κ1) is 11.8. The van der Waals surface area contributed by atoms with E-state index in [1.54, 1.807) is 0 Å². The Kier molecular flexibility index (Phi) is 4.29. The third-order valence-corrected chi connectivity index (χ3v) is 1.75. The number of halogens is 1. The van der Waals surface area contributed by atoms with E-state index in [1.807, 2.05) is 4.98 Å². The molecule has 0 radical (unpaired) electrons. The summed E-state index contributed by atoms with van der Waals surface area (Å²) in [6, 6.07) is 0. The lowest BCUT2D eigenvalue weighted by molar-refractivity contribution is 0.978. The van der Waals surface area contributed by atoms with Gasteiger partial charge in [-0.1, -0.05) is 0 Å². The number of amidine groups is 1. The third kappa shape index (κ3) is 3.34. The Hall–Kier alpha value is -1.21. The number of nitrogens with two attached hydrogens (primary N) is 1. The Morgan fingerprint density at radius 3 is 2.62 bits per heavy atom. The molecule has 0 aromatic carbocycles. The zero-order chi connectivity index (χ0) is 9.14. The van der Waals surface area contributed by atoms with Gasteiger partial charge in [-0.2, -0.15) is 0 Å². The highest BCUT2D eigenvalue weighted by atomic mass is 35.5. The van der Waals surface area contributed by atoms with Crippen molar-refractivity contribution in [1.29, 1.82) is 5.41 Å². The molecule has 1 heterocycles. The monoisotopic (exact) mass is 222 g/mol. The lowest BCUT2D eigenvalue weighted by atomic mass is 10.7. The number of thioether (sulfide) groups is 1. The van der Waals surface area contributed by atoms with E-state index >= 15 is 0 Å². The molecule has 13 heavy (non-hydrogen) atoms. The molecule has 0 bridgehead atoms. The number of hydrogen-bond donors (Lipinski definition) is 4. The van der Waals surface area contributed by atoms with Gasteiger partial charge >= 0.3 is 5.69 Å². The number of aromatic amines is 2. The number of rotatable bonds is 1. The fraction of sp³-hybridized carbons (Fsp3) is 0. The van der Waals surface area contributed by atoms with E-state index in [0.29, 0.717) is 0 Å². The van der Waals surface area contributed by atoms with E-state index < -0.39 is 11.2 Å². The molecule has 72 valence electrons. The summed E-state index contributed by atoms with van der Waals surface area (Å²) >= 11 is 0.781. The second-order valence-corrected chi connectivity index (χ2v) is 2.99. The molecule has 5 N–H and O–H groups in total. The smallest absolute Gasteiger partial charge is 0.325 e. The molecule has 0 amide bonds. The summed E-state index contributed by atoms with van der Waals surface area (Å²) in [6.45, 7) is 0. The van der Waals surface area contributed by atoms with Crippen molar-refractivity contribution < 1.29 is 0 Å². The van der Waals surface area contributed by atoms with Crippen molar-refractivity contribution in [2.45, 2.75) is 4.90 Å². The van der Waals surface area contributed by atoms with Crippen LogP contribution in [0.3, 0.4) is 0 Å². The van der Waals surface area contributed by atoms with Crippen LogP contribution in [0.15, 0.2) is 20.7 Å². The van der Waals surface area contributed by atoms with Crippen molar-refractivity contribution in [2.24, 2.45) is 5.73 Å². The van der Waals surface area contributed by atoms with Crippen molar-refractivity contribution >= 4 is 29.3 Å². The molecule has 1 rings (SSSR count). The minimum Gasteiger partial charge on any atom is -0.378 e. The Morgan fingerprint density at radius 1 is 1.54 bits per heavy atom. The summed E-state index contributed by atoms with van der Waals surface area (Å²) < 4.78 is 0. The molecule has 0 saturated heterocycles. The van der Waals surface area contributed by atoms with Gasteiger partial charge in [-0.25, -0.2) is 4.79 Å². The number of aromatic nitrogens is 2. The molecule has 0 fully saturated rings. The van der Waals surface area contributed by atoms with E-state index in [9.17, 15) is 9.59 Å². The van der Waals surface area contributed by atoms with E-state index in [2.05, 4.69) is 4.98 Å². The van der Waals surface area contributed by atoms with Crippen LogP contribution in [-0.2, 0) is 0 Å². The summed E-state index contributed by atoms with van der Waals surface area (Å²) in [4.78, 5) is 25.9. The Balaban J connectivity index is 0.00000144. The number of nitrogens with one attached hydrogen (secondary N) is 3. The maximum atomic E-state index is 10.9. The topological polar surface area (TPSA) is 116 Å². The van der Waals surface area contributed by atoms with Crippen LogP contribution in [0.1, 0.15) is 0 Å². The first-order valence-electron chi connectivity index (χ1n) is 2.93. The minimum absolute atomic E-state index is 0. The van der Waals surface area contributed by atoms with Gasteiger partial charge < -0.3 is 10.7 Å². The molecular weight excluding hydrogens is 216 g/mol. The van der Waals surface area contributed by atoms with Gasteiger partial charge in [-0.05, 0) is 11.8 Å².